The van der Waals surface area contributed by atoms with Crippen molar-refractivity contribution in [2.75, 3.05) is 0 Å². The van der Waals surface area contributed by atoms with Crippen LogP contribution in [0.4, 0.5) is 0 Å². The van der Waals surface area contributed by atoms with Crippen molar-refractivity contribution in [2.45, 2.75) is 64.6 Å². The fourth-order valence-electron chi connectivity index (χ4n) is 3.88. The normalized spacial score (nSPS) is 30.4. The van der Waals surface area contributed by atoms with Gasteiger partial charge in [-0.3, -0.25) is 9.59 Å². The summed E-state index contributed by atoms with van der Waals surface area (Å²) in [6.45, 7) is 6.90. The van der Waals surface area contributed by atoms with Crippen LogP contribution in [0.2, 0.25) is 0 Å². The molecule has 0 spiro atoms. The van der Waals surface area contributed by atoms with Gasteiger partial charge >= 0.3 is 17.9 Å². The first-order valence-corrected chi connectivity index (χ1v) is 7.83. The molecule has 2 fully saturated rings. The Morgan fingerprint density at radius 2 is 1.50 bits per heavy atom. The van der Waals surface area contributed by atoms with E-state index in [9.17, 15) is 19.5 Å². The van der Waals surface area contributed by atoms with Crippen molar-refractivity contribution in [3.05, 3.63) is 0 Å². The van der Waals surface area contributed by atoms with E-state index in [2.05, 4.69) is 20.8 Å². The summed E-state index contributed by atoms with van der Waals surface area (Å²) in [6.07, 6.45) is 1.29. The standard InChI is InChI=1S/C10H18O.C6H8O7/c1-9(2)7-4-5-10(9,3)8(11)6-7;7-3(8)1-6(13,5(11)12)2-4(9)10/h7-8,11H,4-6H2,1-3H3;13H,1-2H2,(H,7,8)(H,9,10)(H,11,12). The molecule has 0 amide bonds. The summed E-state index contributed by atoms with van der Waals surface area (Å²) >= 11 is 0. The van der Waals surface area contributed by atoms with Crippen LogP contribution in [0.1, 0.15) is 52.9 Å². The summed E-state index contributed by atoms with van der Waals surface area (Å²) in [7, 11) is 0. The van der Waals surface area contributed by atoms with Crippen molar-refractivity contribution in [1.29, 1.82) is 0 Å². The molecule has 2 bridgehead atoms. The minimum atomic E-state index is -2.74. The highest BCUT2D eigenvalue weighted by Crippen LogP contribution is 2.65. The SMILES string of the molecule is CC1(C)C2CCC1(C)C(O)C2.O=C(O)CC(O)(CC(=O)O)C(=O)O. The van der Waals surface area contributed by atoms with Crippen LogP contribution in [0.25, 0.3) is 0 Å². The molecular weight excluding hydrogens is 320 g/mol. The highest BCUT2D eigenvalue weighted by molar-refractivity contribution is 5.88. The van der Waals surface area contributed by atoms with Gasteiger partial charge in [-0.15, -0.1) is 0 Å². The Hall–Kier alpha value is -1.67. The number of hydrogen-bond acceptors (Lipinski definition) is 5. The molecule has 0 aromatic carbocycles. The number of aliphatic carboxylic acids is 3. The van der Waals surface area contributed by atoms with Gasteiger partial charge in [0.25, 0.3) is 0 Å². The average molecular weight is 346 g/mol. The maximum absolute atomic E-state index is 10.3. The fraction of sp³-hybridized carbons (Fsp3) is 0.812. The second-order valence-corrected chi connectivity index (χ2v) is 7.60. The van der Waals surface area contributed by atoms with Crippen molar-refractivity contribution >= 4 is 17.9 Å². The van der Waals surface area contributed by atoms with E-state index >= 15 is 0 Å². The molecule has 0 aromatic heterocycles. The van der Waals surface area contributed by atoms with Crippen molar-refractivity contribution in [3.8, 4) is 0 Å². The lowest BCUT2D eigenvalue weighted by Crippen LogP contribution is -2.42. The first-order chi connectivity index (χ1) is 10.8. The fourth-order valence-corrected chi connectivity index (χ4v) is 3.88. The lowest BCUT2D eigenvalue weighted by atomic mass is 9.70. The van der Waals surface area contributed by atoms with Crippen LogP contribution >= 0.6 is 0 Å². The van der Waals surface area contributed by atoms with Gasteiger partial charge in [0, 0.05) is 0 Å². The molecule has 0 saturated heterocycles. The Morgan fingerprint density at radius 3 is 1.67 bits per heavy atom. The molecule has 2 aliphatic rings. The highest BCUT2D eigenvalue weighted by atomic mass is 16.4. The highest BCUT2D eigenvalue weighted by Gasteiger charge is 2.60. The Labute approximate surface area is 140 Å². The van der Waals surface area contributed by atoms with Crippen LogP contribution in [0.3, 0.4) is 0 Å². The van der Waals surface area contributed by atoms with Gasteiger partial charge in [0.2, 0.25) is 0 Å². The van der Waals surface area contributed by atoms with Crippen molar-refractivity contribution in [1.82, 2.24) is 0 Å². The van der Waals surface area contributed by atoms with E-state index in [0.717, 1.165) is 12.3 Å². The minimum absolute atomic E-state index is 0.0313. The van der Waals surface area contributed by atoms with Crippen LogP contribution in [0.15, 0.2) is 0 Å². The van der Waals surface area contributed by atoms with Gasteiger partial charge in [-0.2, -0.15) is 0 Å². The third-order valence-corrected chi connectivity index (χ3v) is 6.03. The van der Waals surface area contributed by atoms with E-state index in [4.69, 9.17) is 20.4 Å². The van der Waals surface area contributed by atoms with E-state index in [-0.39, 0.29) is 11.5 Å². The van der Waals surface area contributed by atoms with E-state index in [1.165, 1.54) is 12.8 Å². The summed E-state index contributed by atoms with van der Waals surface area (Å²) < 4.78 is 0. The molecule has 0 aliphatic heterocycles. The lowest BCUT2D eigenvalue weighted by molar-refractivity contribution is -0.170. The van der Waals surface area contributed by atoms with E-state index < -0.39 is 36.4 Å². The second kappa shape index (κ2) is 6.68. The van der Waals surface area contributed by atoms with Gasteiger partial charge in [-0.1, -0.05) is 20.8 Å². The third-order valence-electron chi connectivity index (χ3n) is 6.03. The first-order valence-electron chi connectivity index (χ1n) is 7.83. The van der Waals surface area contributed by atoms with Gasteiger partial charge in [-0.05, 0) is 36.0 Å². The molecule has 0 heterocycles. The van der Waals surface area contributed by atoms with Gasteiger partial charge in [0.1, 0.15) is 0 Å². The average Bonchev–Trinajstić information content (AvgIpc) is 2.70. The molecule has 0 aromatic rings. The summed E-state index contributed by atoms with van der Waals surface area (Å²) in [6, 6.07) is 0. The summed E-state index contributed by atoms with van der Waals surface area (Å²) in [5.74, 6) is -4.24. The van der Waals surface area contributed by atoms with E-state index in [1.807, 2.05) is 0 Å². The predicted octanol–water partition coefficient (Wildman–Crippen LogP) is 0.945. The zero-order chi connectivity index (χ0) is 18.9. The number of carboxylic acid groups (broad SMARTS) is 3. The monoisotopic (exact) mass is 346 g/mol. The van der Waals surface area contributed by atoms with Crippen LogP contribution in [0.5, 0.6) is 0 Å². The van der Waals surface area contributed by atoms with Crippen molar-refractivity contribution < 1.29 is 39.9 Å². The van der Waals surface area contributed by atoms with Crippen LogP contribution in [-0.4, -0.2) is 55.1 Å². The first kappa shape index (κ1) is 20.4. The molecule has 8 nitrogen and oxygen atoms in total. The molecule has 0 radical (unpaired) electrons. The smallest absolute Gasteiger partial charge is 0.336 e. The molecule has 5 N–H and O–H groups in total. The quantitative estimate of drug-likeness (QED) is 0.493. The molecule has 3 unspecified atom stereocenters. The second-order valence-electron chi connectivity index (χ2n) is 7.60. The van der Waals surface area contributed by atoms with Gasteiger partial charge < -0.3 is 25.5 Å². The predicted molar refractivity (Wildman–Crippen MR) is 82.3 cm³/mol. The zero-order valence-electron chi connectivity index (χ0n) is 14.2. The Morgan fingerprint density at radius 1 is 1.04 bits per heavy atom. The third kappa shape index (κ3) is 3.70. The molecule has 2 saturated carbocycles. The lowest BCUT2D eigenvalue weighted by Gasteiger charge is -2.36. The Balaban J connectivity index is 0.000000242. The molecular formula is C16H26O8. The number of carbonyl (C=O) groups is 3. The van der Waals surface area contributed by atoms with E-state index in [1.54, 1.807) is 0 Å². The van der Waals surface area contributed by atoms with Gasteiger partial charge in [0.05, 0.1) is 18.9 Å². The number of aliphatic hydroxyl groups excluding tert-OH is 1. The Kier molecular flexibility index (Phi) is 5.67. The summed E-state index contributed by atoms with van der Waals surface area (Å²) in [5.41, 5.74) is -2.14. The minimum Gasteiger partial charge on any atom is -0.481 e. The largest absolute Gasteiger partial charge is 0.481 e. The summed E-state index contributed by atoms with van der Waals surface area (Å²) in [4.78, 5) is 30.5. The number of hydrogen-bond donors (Lipinski definition) is 5. The van der Waals surface area contributed by atoms with Crippen LogP contribution < -0.4 is 0 Å². The molecule has 3 atom stereocenters. The molecule has 2 aliphatic carbocycles. The summed E-state index contributed by atoms with van der Waals surface area (Å²) in [5, 5.41) is 43.6. The van der Waals surface area contributed by atoms with Crippen LogP contribution in [-0.2, 0) is 14.4 Å². The number of fused-ring (bicyclic) bond motifs is 2. The van der Waals surface area contributed by atoms with E-state index in [0.29, 0.717) is 5.41 Å². The van der Waals surface area contributed by atoms with Gasteiger partial charge in [-0.25, -0.2) is 4.79 Å². The number of aliphatic hydroxyl groups is 2. The van der Waals surface area contributed by atoms with Crippen molar-refractivity contribution in [2.24, 2.45) is 16.7 Å². The number of rotatable bonds is 5. The van der Waals surface area contributed by atoms with Gasteiger partial charge in [0.15, 0.2) is 5.60 Å². The molecule has 8 heteroatoms. The topological polar surface area (TPSA) is 152 Å². The molecule has 2 rings (SSSR count). The number of carboxylic acids is 3. The van der Waals surface area contributed by atoms with Crippen LogP contribution in [0, 0.1) is 16.7 Å². The Bertz CT molecular complexity index is 510. The molecule has 24 heavy (non-hydrogen) atoms. The maximum Gasteiger partial charge on any atom is 0.336 e. The van der Waals surface area contributed by atoms with Crippen molar-refractivity contribution in [3.63, 3.8) is 0 Å². The molecule has 138 valence electrons. The maximum atomic E-state index is 10.3. The zero-order valence-corrected chi connectivity index (χ0v) is 14.2.